The highest BCUT2D eigenvalue weighted by Gasteiger charge is 2.06. The predicted molar refractivity (Wildman–Crippen MR) is 107 cm³/mol. The number of carbonyl (C=O) groups is 2. The average molecular weight is 420 g/mol. The summed E-state index contributed by atoms with van der Waals surface area (Å²) >= 11 is 3.35. The monoisotopic (exact) mass is 419 g/mol. The Morgan fingerprint density at radius 3 is 2.31 bits per heavy atom. The molecule has 26 heavy (non-hydrogen) atoms. The number of amides is 2. The van der Waals surface area contributed by atoms with Crippen molar-refractivity contribution in [3.63, 3.8) is 0 Å². The fourth-order valence-electron chi connectivity index (χ4n) is 2.18. The maximum absolute atomic E-state index is 12.0. The summed E-state index contributed by atoms with van der Waals surface area (Å²) in [6.45, 7) is 1.33. The van der Waals surface area contributed by atoms with E-state index in [1.807, 2.05) is 24.3 Å². The number of halogens is 1. The Morgan fingerprint density at radius 1 is 1.00 bits per heavy atom. The SMILES string of the molecule is COCCCNC(=O)c1ccc(NCC(=O)Nc2ccc(Br)cc2)cc1. The van der Waals surface area contributed by atoms with Crippen LogP contribution in [0.5, 0.6) is 0 Å². The number of hydrogen-bond donors (Lipinski definition) is 3. The van der Waals surface area contributed by atoms with Gasteiger partial charge >= 0.3 is 0 Å². The van der Waals surface area contributed by atoms with Crippen molar-refractivity contribution in [2.24, 2.45) is 0 Å². The van der Waals surface area contributed by atoms with Crippen LogP contribution in [0.25, 0.3) is 0 Å². The summed E-state index contributed by atoms with van der Waals surface area (Å²) in [5, 5.41) is 8.67. The van der Waals surface area contributed by atoms with Gasteiger partial charge in [0.25, 0.3) is 5.91 Å². The molecular weight excluding hydrogens is 398 g/mol. The lowest BCUT2D eigenvalue weighted by Gasteiger charge is -2.09. The van der Waals surface area contributed by atoms with E-state index >= 15 is 0 Å². The van der Waals surface area contributed by atoms with Crippen molar-refractivity contribution >= 4 is 39.1 Å². The molecule has 0 saturated carbocycles. The fraction of sp³-hybridized carbons (Fsp3) is 0.263. The molecule has 0 atom stereocenters. The van der Waals surface area contributed by atoms with E-state index in [0.717, 1.165) is 22.3 Å². The summed E-state index contributed by atoms with van der Waals surface area (Å²) in [5.74, 6) is -0.270. The van der Waals surface area contributed by atoms with Gasteiger partial charge in [0, 0.05) is 41.7 Å². The highest BCUT2D eigenvalue weighted by molar-refractivity contribution is 9.10. The highest BCUT2D eigenvalue weighted by Crippen LogP contribution is 2.14. The molecule has 0 aliphatic rings. The summed E-state index contributed by atoms with van der Waals surface area (Å²) in [7, 11) is 1.63. The van der Waals surface area contributed by atoms with Gasteiger partial charge in [-0.05, 0) is 55.0 Å². The van der Waals surface area contributed by atoms with Crippen molar-refractivity contribution in [3.8, 4) is 0 Å². The minimum Gasteiger partial charge on any atom is -0.385 e. The minimum absolute atomic E-state index is 0.124. The van der Waals surface area contributed by atoms with Crippen LogP contribution in [-0.2, 0) is 9.53 Å². The maximum atomic E-state index is 12.0. The maximum Gasteiger partial charge on any atom is 0.251 e. The molecule has 7 heteroatoms. The number of hydrogen-bond acceptors (Lipinski definition) is 4. The van der Waals surface area contributed by atoms with Crippen molar-refractivity contribution < 1.29 is 14.3 Å². The molecule has 0 aliphatic carbocycles. The molecule has 2 rings (SSSR count). The quantitative estimate of drug-likeness (QED) is 0.544. The zero-order valence-electron chi connectivity index (χ0n) is 14.5. The van der Waals surface area contributed by atoms with Gasteiger partial charge in [-0.3, -0.25) is 9.59 Å². The van der Waals surface area contributed by atoms with Gasteiger partial charge in [-0.25, -0.2) is 0 Å². The first-order valence-corrected chi connectivity index (χ1v) is 9.04. The zero-order chi connectivity index (χ0) is 18.8. The second-order valence-electron chi connectivity index (χ2n) is 5.59. The number of rotatable bonds is 9. The Morgan fingerprint density at radius 2 is 1.65 bits per heavy atom. The molecule has 0 spiro atoms. The molecule has 0 bridgehead atoms. The normalized spacial score (nSPS) is 10.2. The Bertz CT molecular complexity index is 718. The van der Waals surface area contributed by atoms with E-state index in [-0.39, 0.29) is 18.4 Å². The molecule has 6 nitrogen and oxygen atoms in total. The number of nitrogens with one attached hydrogen (secondary N) is 3. The highest BCUT2D eigenvalue weighted by atomic mass is 79.9. The van der Waals surface area contributed by atoms with Gasteiger partial charge in [-0.2, -0.15) is 0 Å². The van der Waals surface area contributed by atoms with E-state index in [9.17, 15) is 9.59 Å². The zero-order valence-corrected chi connectivity index (χ0v) is 16.1. The molecule has 2 aromatic carbocycles. The third kappa shape index (κ3) is 6.85. The standard InChI is InChI=1S/C19H22BrN3O3/c1-26-12-2-11-21-19(25)14-3-7-16(8-4-14)22-13-18(24)23-17-9-5-15(20)6-10-17/h3-10,22H,2,11-13H2,1H3,(H,21,25)(H,23,24). The van der Waals surface area contributed by atoms with Gasteiger partial charge in [0.2, 0.25) is 5.91 Å². The van der Waals surface area contributed by atoms with Gasteiger partial charge in [0.15, 0.2) is 0 Å². The van der Waals surface area contributed by atoms with Crippen LogP contribution < -0.4 is 16.0 Å². The van der Waals surface area contributed by atoms with E-state index in [0.29, 0.717) is 18.7 Å². The summed E-state index contributed by atoms with van der Waals surface area (Å²) in [6.07, 6.45) is 0.773. The lowest BCUT2D eigenvalue weighted by molar-refractivity contribution is -0.114. The van der Waals surface area contributed by atoms with Crippen molar-refractivity contribution in [3.05, 3.63) is 58.6 Å². The fourth-order valence-corrected chi connectivity index (χ4v) is 2.45. The topological polar surface area (TPSA) is 79.5 Å². The third-order valence-electron chi connectivity index (χ3n) is 3.54. The van der Waals surface area contributed by atoms with Gasteiger partial charge in [-0.15, -0.1) is 0 Å². The molecule has 138 valence electrons. The number of carbonyl (C=O) groups excluding carboxylic acids is 2. The Hall–Kier alpha value is -2.38. The van der Waals surface area contributed by atoms with Gasteiger partial charge in [0.1, 0.15) is 0 Å². The van der Waals surface area contributed by atoms with Crippen LogP contribution >= 0.6 is 15.9 Å². The van der Waals surface area contributed by atoms with E-state index in [1.165, 1.54) is 0 Å². The van der Waals surface area contributed by atoms with Crippen LogP contribution in [0.2, 0.25) is 0 Å². The Kier molecular flexibility index (Phi) is 8.11. The summed E-state index contributed by atoms with van der Waals surface area (Å²) < 4.78 is 5.89. The lowest BCUT2D eigenvalue weighted by atomic mass is 10.2. The lowest BCUT2D eigenvalue weighted by Crippen LogP contribution is -2.25. The van der Waals surface area contributed by atoms with Crippen LogP contribution in [0.3, 0.4) is 0 Å². The molecule has 0 radical (unpaired) electrons. The van der Waals surface area contributed by atoms with Crippen molar-refractivity contribution in [2.45, 2.75) is 6.42 Å². The number of ether oxygens (including phenoxy) is 1. The van der Waals surface area contributed by atoms with Crippen molar-refractivity contribution in [2.75, 3.05) is 37.4 Å². The number of anilines is 2. The first-order chi connectivity index (χ1) is 12.6. The van der Waals surface area contributed by atoms with Crippen LogP contribution in [0.1, 0.15) is 16.8 Å². The summed E-state index contributed by atoms with van der Waals surface area (Å²) in [5.41, 5.74) is 2.08. The van der Waals surface area contributed by atoms with Crippen molar-refractivity contribution in [1.82, 2.24) is 5.32 Å². The average Bonchev–Trinajstić information content (AvgIpc) is 2.66. The first kappa shape index (κ1) is 19.9. The molecule has 2 aromatic rings. The largest absolute Gasteiger partial charge is 0.385 e. The molecular formula is C19H22BrN3O3. The molecule has 3 N–H and O–H groups in total. The molecule has 0 unspecified atom stereocenters. The molecule has 0 heterocycles. The Labute approximate surface area is 161 Å². The molecule has 0 saturated heterocycles. The van der Waals surface area contributed by atoms with E-state index < -0.39 is 0 Å². The number of methoxy groups -OCH3 is 1. The van der Waals surface area contributed by atoms with E-state index in [4.69, 9.17) is 4.74 Å². The smallest absolute Gasteiger partial charge is 0.251 e. The predicted octanol–water partition coefficient (Wildman–Crippen LogP) is 3.27. The first-order valence-electron chi connectivity index (χ1n) is 8.25. The molecule has 2 amide bonds. The van der Waals surface area contributed by atoms with E-state index in [2.05, 4.69) is 31.9 Å². The molecule has 0 aliphatic heterocycles. The molecule has 0 aromatic heterocycles. The van der Waals surface area contributed by atoms with Gasteiger partial charge < -0.3 is 20.7 Å². The van der Waals surface area contributed by atoms with Crippen LogP contribution in [0.15, 0.2) is 53.0 Å². The summed E-state index contributed by atoms with van der Waals surface area (Å²) in [4.78, 5) is 23.9. The van der Waals surface area contributed by atoms with Crippen molar-refractivity contribution in [1.29, 1.82) is 0 Å². The molecule has 0 fully saturated rings. The summed E-state index contributed by atoms with van der Waals surface area (Å²) in [6, 6.07) is 14.4. The van der Waals surface area contributed by atoms with E-state index in [1.54, 1.807) is 31.4 Å². The Balaban J connectivity index is 1.76. The van der Waals surface area contributed by atoms with Crippen LogP contribution in [0, 0.1) is 0 Å². The second-order valence-corrected chi connectivity index (χ2v) is 6.50. The van der Waals surface area contributed by atoms with Crippen LogP contribution in [-0.4, -0.2) is 38.6 Å². The second kappa shape index (κ2) is 10.6. The minimum atomic E-state index is -0.146. The van der Waals surface area contributed by atoms with Gasteiger partial charge in [0.05, 0.1) is 6.54 Å². The third-order valence-corrected chi connectivity index (χ3v) is 4.07. The van der Waals surface area contributed by atoms with Gasteiger partial charge in [-0.1, -0.05) is 15.9 Å². The van der Waals surface area contributed by atoms with Crippen LogP contribution in [0.4, 0.5) is 11.4 Å². The number of benzene rings is 2.